The molecule has 0 aliphatic heterocycles. The Hall–Kier alpha value is -3.06. The number of aromatic nitrogens is 1. The van der Waals surface area contributed by atoms with Gasteiger partial charge < -0.3 is 4.74 Å². The number of hydrogen-bond donors (Lipinski definition) is 0. The SMILES string of the molecule is O=C(OCc1ccc([N+](=O)[O-])cc1)c1csc(-c2ccccc2)n1. The van der Waals surface area contributed by atoms with Crippen LogP contribution in [0.25, 0.3) is 10.6 Å². The molecule has 6 nitrogen and oxygen atoms in total. The monoisotopic (exact) mass is 340 g/mol. The number of thiazole rings is 1. The number of nitrogens with zero attached hydrogens (tertiary/aromatic N) is 2. The van der Waals surface area contributed by atoms with Gasteiger partial charge in [-0.1, -0.05) is 30.3 Å². The summed E-state index contributed by atoms with van der Waals surface area (Å²) in [7, 11) is 0. The first-order valence-electron chi connectivity index (χ1n) is 7.05. The summed E-state index contributed by atoms with van der Waals surface area (Å²) in [6.45, 7) is 0.0367. The zero-order valence-corrected chi connectivity index (χ0v) is 13.2. The fourth-order valence-electron chi connectivity index (χ4n) is 2.02. The van der Waals surface area contributed by atoms with Gasteiger partial charge in [0, 0.05) is 23.1 Å². The molecule has 0 radical (unpaired) electrons. The second kappa shape index (κ2) is 7.01. The van der Waals surface area contributed by atoms with Crippen molar-refractivity contribution in [1.29, 1.82) is 0 Å². The van der Waals surface area contributed by atoms with Crippen LogP contribution in [0.5, 0.6) is 0 Å². The van der Waals surface area contributed by atoms with E-state index in [1.54, 1.807) is 17.5 Å². The van der Waals surface area contributed by atoms with Crippen LogP contribution < -0.4 is 0 Å². The average Bonchev–Trinajstić information content (AvgIpc) is 3.11. The van der Waals surface area contributed by atoms with Crippen LogP contribution in [0.4, 0.5) is 5.69 Å². The van der Waals surface area contributed by atoms with Crippen LogP contribution in [0, 0.1) is 10.1 Å². The summed E-state index contributed by atoms with van der Waals surface area (Å²) in [6, 6.07) is 15.4. The Labute approximate surface area is 141 Å². The van der Waals surface area contributed by atoms with Crippen molar-refractivity contribution in [3.05, 3.63) is 81.3 Å². The van der Waals surface area contributed by atoms with Crippen LogP contribution in [0.15, 0.2) is 60.0 Å². The normalized spacial score (nSPS) is 10.3. The fourth-order valence-corrected chi connectivity index (χ4v) is 2.81. The van der Waals surface area contributed by atoms with Gasteiger partial charge in [0.25, 0.3) is 5.69 Å². The van der Waals surface area contributed by atoms with E-state index in [4.69, 9.17) is 4.74 Å². The highest BCUT2D eigenvalue weighted by Gasteiger charge is 2.13. The third kappa shape index (κ3) is 3.64. The first kappa shape index (κ1) is 15.8. The third-order valence-corrected chi connectivity index (χ3v) is 4.14. The molecule has 0 amide bonds. The van der Waals surface area contributed by atoms with Gasteiger partial charge in [-0.15, -0.1) is 11.3 Å². The van der Waals surface area contributed by atoms with Gasteiger partial charge in [0.05, 0.1) is 4.92 Å². The fraction of sp³-hybridized carbons (Fsp3) is 0.0588. The predicted molar refractivity (Wildman–Crippen MR) is 89.8 cm³/mol. The van der Waals surface area contributed by atoms with Crippen LogP contribution in [0.3, 0.4) is 0 Å². The summed E-state index contributed by atoms with van der Waals surface area (Å²) in [5.74, 6) is -0.521. The van der Waals surface area contributed by atoms with E-state index in [1.807, 2.05) is 30.3 Å². The van der Waals surface area contributed by atoms with Gasteiger partial charge in [-0.05, 0) is 17.7 Å². The lowest BCUT2D eigenvalue weighted by Gasteiger charge is -2.03. The lowest BCUT2D eigenvalue weighted by atomic mass is 10.2. The molecule has 0 unspecified atom stereocenters. The Morgan fingerprint density at radius 3 is 2.50 bits per heavy atom. The maximum atomic E-state index is 12.1. The van der Waals surface area contributed by atoms with E-state index in [1.165, 1.54) is 23.5 Å². The maximum Gasteiger partial charge on any atom is 0.358 e. The molecular weight excluding hydrogens is 328 g/mol. The second-order valence-corrected chi connectivity index (χ2v) is 5.76. The average molecular weight is 340 g/mol. The van der Waals surface area contributed by atoms with E-state index in [2.05, 4.69) is 4.98 Å². The summed E-state index contributed by atoms with van der Waals surface area (Å²) in [4.78, 5) is 26.5. The molecule has 0 N–H and O–H groups in total. The molecule has 7 heteroatoms. The Kier molecular flexibility index (Phi) is 4.62. The molecule has 120 valence electrons. The van der Waals surface area contributed by atoms with Crippen molar-refractivity contribution in [3.63, 3.8) is 0 Å². The third-order valence-electron chi connectivity index (χ3n) is 3.25. The summed E-state index contributed by atoms with van der Waals surface area (Å²) in [5.41, 5.74) is 1.86. The summed E-state index contributed by atoms with van der Waals surface area (Å²) >= 11 is 1.37. The molecule has 0 saturated heterocycles. The number of benzene rings is 2. The van der Waals surface area contributed by atoms with E-state index in [-0.39, 0.29) is 18.0 Å². The van der Waals surface area contributed by atoms with Gasteiger partial charge in [-0.25, -0.2) is 9.78 Å². The van der Waals surface area contributed by atoms with Gasteiger partial charge in [0.15, 0.2) is 5.69 Å². The molecule has 0 aliphatic rings. The van der Waals surface area contributed by atoms with Crippen LogP contribution in [0.1, 0.15) is 16.1 Å². The lowest BCUT2D eigenvalue weighted by molar-refractivity contribution is -0.384. The number of rotatable bonds is 5. The number of nitro groups is 1. The summed E-state index contributed by atoms with van der Waals surface area (Å²) in [5, 5.41) is 13.0. The largest absolute Gasteiger partial charge is 0.456 e. The van der Waals surface area contributed by atoms with E-state index < -0.39 is 10.9 Å². The number of nitro benzene ring substituents is 1. The number of carbonyl (C=O) groups is 1. The molecule has 0 aliphatic carbocycles. The highest BCUT2D eigenvalue weighted by Crippen LogP contribution is 2.23. The van der Waals surface area contributed by atoms with E-state index in [0.29, 0.717) is 5.56 Å². The topological polar surface area (TPSA) is 82.3 Å². The van der Waals surface area contributed by atoms with Crippen LogP contribution in [0.2, 0.25) is 0 Å². The van der Waals surface area contributed by atoms with E-state index in [9.17, 15) is 14.9 Å². The van der Waals surface area contributed by atoms with Crippen molar-refractivity contribution in [3.8, 4) is 10.6 Å². The lowest BCUT2D eigenvalue weighted by Crippen LogP contribution is -2.05. The van der Waals surface area contributed by atoms with E-state index in [0.717, 1.165) is 10.6 Å². The molecule has 1 heterocycles. The second-order valence-electron chi connectivity index (χ2n) is 4.90. The van der Waals surface area contributed by atoms with Gasteiger partial charge >= 0.3 is 5.97 Å². The Morgan fingerprint density at radius 1 is 1.12 bits per heavy atom. The first-order chi connectivity index (χ1) is 11.6. The van der Waals surface area contributed by atoms with Crippen molar-refractivity contribution in [2.24, 2.45) is 0 Å². The van der Waals surface area contributed by atoms with Gasteiger partial charge in [-0.3, -0.25) is 10.1 Å². The molecule has 24 heavy (non-hydrogen) atoms. The minimum atomic E-state index is -0.521. The Bertz CT molecular complexity index is 860. The van der Waals surface area contributed by atoms with Gasteiger partial charge in [0.1, 0.15) is 11.6 Å². The van der Waals surface area contributed by atoms with Crippen molar-refractivity contribution in [2.45, 2.75) is 6.61 Å². The number of hydrogen-bond acceptors (Lipinski definition) is 6. The Balaban J connectivity index is 1.63. The van der Waals surface area contributed by atoms with Gasteiger partial charge in [0.2, 0.25) is 0 Å². The van der Waals surface area contributed by atoms with Gasteiger partial charge in [-0.2, -0.15) is 0 Å². The number of ether oxygens (including phenoxy) is 1. The summed E-state index contributed by atoms with van der Waals surface area (Å²) < 4.78 is 5.20. The molecule has 0 atom stereocenters. The summed E-state index contributed by atoms with van der Waals surface area (Å²) in [6.07, 6.45) is 0. The van der Waals surface area contributed by atoms with E-state index >= 15 is 0 Å². The molecule has 0 saturated carbocycles. The smallest absolute Gasteiger partial charge is 0.358 e. The van der Waals surface area contributed by atoms with Crippen LogP contribution in [-0.4, -0.2) is 15.9 Å². The number of esters is 1. The minimum Gasteiger partial charge on any atom is -0.456 e. The zero-order chi connectivity index (χ0) is 16.9. The molecule has 3 rings (SSSR count). The highest BCUT2D eigenvalue weighted by molar-refractivity contribution is 7.13. The first-order valence-corrected chi connectivity index (χ1v) is 7.93. The molecule has 0 fully saturated rings. The van der Waals surface area contributed by atoms with Crippen LogP contribution in [-0.2, 0) is 11.3 Å². The molecule has 0 bridgehead atoms. The predicted octanol–water partition coefficient (Wildman–Crippen LogP) is 4.08. The minimum absolute atomic E-state index is 0.00270. The standard InChI is InChI=1S/C17H12N2O4S/c20-17(23-10-12-6-8-14(9-7-12)19(21)22)15-11-24-16(18-15)13-4-2-1-3-5-13/h1-9,11H,10H2. The number of carbonyl (C=O) groups excluding carboxylic acids is 1. The quantitative estimate of drug-likeness (QED) is 0.397. The Morgan fingerprint density at radius 2 is 1.83 bits per heavy atom. The van der Waals surface area contributed by atoms with Crippen LogP contribution >= 0.6 is 11.3 Å². The molecular formula is C17H12N2O4S. The van der Waals surface area contributed by atoms with Crippen molar-refractivity contribution in [2.75, 3.05) is 0 Å². The highest BCUT2D eigenvalue weighted by atomic mass is 32.1. The molecule has 1 aromatic heterocycles. The molecule has 3 aromatic rings. The molecule has 0 spiro atoms. The number of non-ortho nitro benzene ring substituents is 1. The molecule has 2 aromatic carbocycles. The van der Waals surface area contributed by atoms with Crippen molar-refractivity contribution >= 4 is 23.0 Å². The maximum absolute atomic E-state index is 12.1. The zero-order valence-electron chi connectivity index (χ0n) is 12.4. The van der Waals surface area contributed by atoms with Crippen molar-refractivity contribution < 1.29 is 14.5 Å². The van der Waals surface area contributed by atoms with Crippen molar-refractivity contribution in [1.82, 2.24) is 4.98 Å².